The number of nitrogens with one attached hydrogen (secondary N) is 4. The first kappa shape index (κ1) is 36.8. The summed E-state index contributed by atoms with van der Waals surface area (Å²) in [5, 5.41) is 21.7. The second-order valence-electron chi connectivity index (χ2n) is 12.4. The number of carbonyl (C=O) groups excluding carboxylic acids is 4. The van der Waals surface area contributed by atoms with Gasteiger partial charge in [-0.15, -0.1) is 0 Å². The molecule has 0 fully saturated rings. The van der Waals surface area contributed by atoms with Crippen LogP contribution in [0.15, 0.2) is 103 Å². The number of benzene rings is 4. The lowest BCUT2D eigenvalue weighted by atomic mass is 9.98. The molecular weight excluding hydrogens is 648 g/mol. The number of carbonyl (C=O) groups is 4. The van der Waals surface area contributed by atoms with Crippen LogP contribution < -0.4 is 21.3 Å². The van der Waals surface area contributed by atoms with Crippen molar-refractivity contribution >= 4 is 29.6 Å². The topological polar surface area (TPSA) is 155 Å². The van der Waals surface area contributed by atoms with Gasteiger partial charge in [-0.3, -0.25) is 9.59 Å². The summed E-state index contributed by atoms with van der Waals surface area (Å²) in [6.45, 7) is 0.831. The molecule has 51 heavy (non-hydrogen) atoms. The summed E-state index contributed by atoms with van der Waals surface area (Å²) >= 11 is 0. The Morgan fingerprint density at radius 3 is 2.00 bits per heavy atom. The zero-order chi connectivity index (χ0) is 36.2. The Kier molecular flexibility index (Phi) is 12.9. The minimum Gasteiger partial charge on any atom is -0.467 e. The fourth-order valence-electron chi connectivity index (χ4n) is 6.26. The monoisotopic (exact) mass is 692 g/mol. The third-order valence-electron chi connectivity index (χ3n) is 8.96. The molecule has 1 aliphatic carbocycles. The lowest BCUT2D eigenvalue weighted by Crippen LogP contribution is -2.53. The SMILES string of the molecule is CNCCCC[C@H](NC(=O)[C@H](Cc1ccccc1)NC(=O)OCC1c2ccccc2-c2ccccc21)C(=O)Nc1ccc(C(O)C(=O)OC)cc1. The van der Waals surface area contributed by atoms with Gasteiger partial charge in [0.1, 0.15) is 18.7 Å². The second-order valence-corrected chi connectivity index (χ2v) is 12.4. The van der Waals surface area contributed by atoms with E-state index in [1.54, 1.807) is 12.1 Å². The summed E-state index contributed by atoms with van der Waals surface area (Å²) in [6.07, 6.45) is -0.244. The molecular formula is C40H44N4O7. The summed E-state index contributed by atoms with van der Waals surface area (Å²) < 4.78 is 10.4. The van der Waals surface area contributed by atoms with E-state index < -0.39 is 42.1 Å². The molecule has 0 aromatic heterocycles. The van der Waals surface area contributed by atoms with Crippen LogP contribution in [0.2, 0.25) is 0 Å². The van der Waals surface area contributed by atoms with Gasteiger partial charge in [0.25, 0.3) is 0 Å². The van der Waals surface area contributed by atoms with Crippen molar-refractivity contribution in [2.75, 3.05) is 32.6 Å². The molecule has 1 aliphatic rings. The number of ether oxygens (including phenoxy) is 2. The number of esters is 1. The molecule has 0 bridgehead atoms. The first-order valence-electron chi connectivity index (χ1n) is 17.1. The minimum atomic E-state index is -1.45. The van der Waals surface area contributed by atoms with Gasteiger partial charge in [0, 0.05) is 18.0 Å². The number of amides is 3. The maximum atomic E-state index is 13.9. The maximum Gasteiger partial charge on any atom is 0.407 e. The Labute approximate surface area is 297 Å². The normalized spacial score (nSPS) is 13.5. The summed E-state index contributed by atoms with van der Waals surface area (Å²) in [4.78, 5) is 52.5. The number of alkyl carbamates (subject to hydrolysis) is 1. The summed E-state index contributed by atoms with van der Waals surface area (Å²) in [5.41, 5.74) is 5.90. The standard InChI is InChI=1S/C40H44N4O7/c1-41-23-11-10-18-34(37(46)42-28-21-19-27(20-22-28)36(45)39(48)50-2)43-38(47)35(24-26-12-4-3-5-13-26)44-40(49)51-25-33-31-16-8-6-14-29(31)30-15-7-9-17-32(30)33/h3-9,12-17,19-22,33-36,41,45H,10-11,18,23-25H2,1-2H3,(H,42,46)(H,43,47)(H,44,49)/t34-,35-,36?/m0/s1. The quantitative estimate of drug-likeness (QED) is 0.0825. The fourth-order valence-corrected chi connectivity index (χ4v) is 6.26. The third kappa shape index (κ3) is 9.59. The highest BCUT2D eigenvalue weighted by Crippen LogP contribution is 2.44. The minimum absolute atomic E-state index is 0.0888. The molecule has 0 saturated carbocycles. The Hall–Kier alpha value is -5.52. The highest BCUT2D eigenvalue weighted by Gasteiger charge is 2.31. The van der Waals surface area contributed by atoms with Crippen LogP contribution in [0.1, 0.15) is 53.5 Å². The Morgan fingerprint density at radius 1 is 0.745 bits per heavy atom. The average Bonchev–Trinajstić information content (AvgIpc) is 3.48. The second kappa shape index (κ2) is 17.9. The molecule has 4 aromatic rings. The number of unbranched alkanes of at least 4 members (excludes halogenated alkanes) is 1. The lowest BCUT2D eigenvalue weighted by Gasteiger charge is -2.24. The van der Waals surface area contributed by atoms with Gasteiger partial charge in [0.05, 0.1) is 7.11 Å². The molecule has 0 radical (unpaired) electrons. The molecule has 3 amide bonds. The summed E-state index contributed by atoms with van der Waals surface area (Å²) in [5.74, 6) is -1.92. The fraction of sp³-hybridized carbons (Fsp3) is 0.300. The predicted molar refractivity (Wildman–Crippen MR) is 194 cm³/mol. The molecule has 11 heteroatoms. The maximum absolute atomic E-state index is 13.9. The van der Waals surface area contributed by atoms with Gasteiger partial charge in [0.15, 0.2) is 6.10 Å². The number of aliphatic hydroxyl groups is 1. The van der Waals surface area contributed by atoms with Crippen LogP contribution in [0.3, 0.4) is 0 Å². The molecule has 5 N–H and O–H groups in total. The predicted octanol–water partition coefficient (Wildman–Crippen LogP) is 4.86. The first-order valence-corrected chi connectivity index (χ1v) is 17.1. The van der Waals surface area contributed by atoms with Crippen molar-refractivity contribution in [1.82, 2.24) is 16.0 Å². The van der Waals surface area contributed by atoms with Gasteiger partial charge in [-0.05, 0) is 78.4 Å². The number of aliphatic hydroxyl groups excluding tert-OH is 1. The molecule has 0 spiro atoms. The molecule has 4 aromatic carbocycles. The van der Waals surface area contributed by atoms with Gasteiger partial charge in [-0.2, -0.15) is 0 Å². The summed E-state index contributed by atoms with van der Waals surface area (Å²) in [7, 11) is 3.03. The number of hydrogen-bond acceptors (Lipinski definition) is 8. The van der Waals surface area contributed by atoms with Crippen LogP contribution in [0.25, 0.3) is 11.1 Å². The van der Waals surface area contributed by atoms with Crippen LogP contribution in [0.4, 0.5) is 10.5 Å². The summed E-state index contributed by atoms with van der Waals surface area (Å²) in [6, 6.07) is 29.6. The van der Waals surface area contributed by atoms with Crippen LogP contribution in [0.5, 0.6) is 0 Å². The van der Waals surface area contributed by atoms with E-state index >= 15 is 0 Å². The number of anilines is 1. The van der Waals surface area contributed by atoms with Crippen molar-refractivity contribution in [3.8, 4) is 11.1 Å². The zero-order valence-electron chi connectivity index (χ0n) is 28.8. The zero-order valence-corrected chi connectivity index (χ0v) is 28.8. The van der Waals surface area contributed by atoms with Gasteiger partial charge in [-0.1, -0.05) is 91.0 Å². The molecule has 11 nitrogen and oxygen atoms in total. The molecule has 0 saturated heterocycles. The highest BCUT2D eigenvalue weighted by molar-refractivity contribution is 5.98. The third-order valence-corrected chi connectivity index (χ3v) is 8.96. The van der Waals surface area contributed by atoms with Crippen LogP contribution >= 0.6 is 0 Å². The van der Waals surface area contributed by atoms with E-state index in [0.29, 0.717) is 24.1 Å². The lowest BCUT2D eigenvalue weighted by molar-refractivity contribution is -0.150. The van der Waals surface area contributed by atoms with E-state index in [4.69, 9.17) is 4.74 Å². The first-order chi connectivity index (χ1) is 24.8. The van der Waals surface area contributed by atoms with Crippen LogP contribution in [-0.4, -0.2) is 68.4 Å². The largest absolute Gasteiger partial charge is 0.467 e. The van der Waals surface area contributed by atoms with Crippen molar-refractivity contribution in [1.29, 1.82) is 0 Å². The number of methoxy groups -OCH3 is 1. The van der Waals surface area contributed by atoms with E-state index in [9.17, 15) is 24.3 Å². The van der Waals surface area contributed by atoms with Crippen LogP contribution in [0, 0.1) is 0 Å². The molecule has 1 unspecified atom stereocenters. The van der Waals surface area contributed by atoms with Crippen molar-refractivity contribution in [3.63, 3.8) is 0 Å². The van der Waals surface area contributed by atoms with Gasteiger partial charge in [-0.25, -0.2) is 9.59 Å². The number of hydrogen-bond donors (Lipinski definition) is 5. The van der Waals surface area contributed by atoms with E-state index in [1.807, 2.05) is 73.8 Å². The molecule has 3 atom stereocenters. The van der Waals surface area contributed by atoms with E-state index in [1.165, 1.54) is 19.2 Å². The van der Waals surface area contributed by atoms with E-state index in [-0.39, 0.29) is 18.9 Å². The van der Waals surface area contributed by atoms with Crippen molar-refractivity contribution in [2.45, 2.75) is 49.8 Å². The van der Waals surface area contributed by atoms with E-state index in [2.05, 4.69) is 38.1 Å². The van der Waals surface area contributed by atoms with E-state index in [0.717, 1.165) is 40.8 Å². The van der Waals surface area contributed by atoms with Crippen molar-refractivity contribution in [2.24, 2.45) is 0 Å². The van der Waals surface area contributed by atoms with Crippen molar-refractivity contribution in [3.05, 3.63) is 125 Å². The molecule has 5 rings (SSSR count). The smallest absolute Gasteiger partial charge is 0.407 e. The van der Waals surface area contributed by atoms with Crippen LogP contribution in [-0.2, 0) is 30.3 Å². The molecule has 0 heterocycles. The van der Waals surface area contributed by atoms with Gasteiger partial charge in [0.2, 0.25) is 11.8 Å². The Balaban J connectivity index is 1.28. The van der Waals surface area contributed by atoms with Gasteiger partial charge < -0.3 is 35.8 Å². The number of fused-ring (bicyclic) bond motifs is 3. The Morgan fingerprint density at radius 2 is 1.37 bits per heavy atom. The average molecular weight is 693 g/mol. The molecule has 0 aliphatic heterocycles. The van der Waals surface area contributed by atoms with Crippen molar-refractivity contribution < 1.29 is 33.8 Å². The van der Waals surface area contributed by atoms with Gasteiger partial charge >= 0.3 is 12.1 Å². The highest BCUT2D eigenvalue weighted by atomic mass is 16.5. The molecule has 266 valence electrons. The Bertz CT molecular complexity index is 1750. The number of rotatable bonds is 16.